The predicted octanol–water partition coefficient (Wildman–Crippen LogP) is 4.60. The van der Waals surface area contributed by atoms with Crippen LogP contribution >= 0.6 is 0 Å². The summed E-state index contributed by atoms with van der Waals surface area (Å²) in [7, 11) is 0. The number of benzene rings is 1. The third kappa shape index (κ3) is 3.16. The minimum atomic E-state index is -5.01. The van der Waals surface area contributed by atoms with Crippen LogP contribution in [0.25, 0.3) is 0 Å². The number of halogens is 3. The number of rotatable bonds is 3. The van der Waals surface area contributed by atoms with Crippen LogP contribution < -0.4 is 0 Å². The molecule has 1 aromatic rings. The summed E-state index contributed by atoms with van der Waals surface area (Å²) in [6, 6.07) is 7.64. The first kappa shape index (κ1) is 19.9. The highest BCUT2D eigenvalue weighted by molar-refractivity contribution is 5.99. The lowest BCUT2D eigenvalue weighted by molar-refractivity contribution is -0.314. The molecule has 1 N–H and O–H groups in total. The molecular weight excluding hydrogens is 357 g/mol. The molecule has 1 heterocycles. The van der Waals surface area contributed by atoms with Gasteiger partial charge in [-0.3, -0.25) is 4.79 Å². The number of alkyl halides is 3. The van der Waals surface area contributed by atoms with Crippen LogP contribution in [0, 0.1) is 17.3 Å². The summed E-state index contributed by atoms with van der Waals surface area (Å²) in [4.78, 5) is 12.7. The number of hydrazone groups is 1. The topological polar surface area (TPSA) is 52.9 Å². The Kier molecular flexibility index (Phi) is 4.87. The fourth-order valence-corrected chi connectivity index (χ4v) is 4.12. The predicted molar refractivity (Wildman–Crippen MR) is 96.0 cm³/mol. The van der Waals surface area contributed by atoms with Gasteiger partial charge in [0, 0.05) is 11.3 Å². The van der Waals surface area contributed by atoms with Crippen molar-refractivity contribution in [2.75, 3.05) is 0 Å². The van der Waals surface area contributed by atoms with Gasteiger partial charge in [0.2, 0.25) is 0 Å². The van der Waals surface area contributed by atoms with Gasteiger partial charge in [0.25, 0.3) is 11.6 Å². The summed E-state index contributed by atoms with van der Waals surface area (Å²) in [5.74, 6) is -2.15. The number of carbonyl (C=O) groups excluding carboxylic acids is 1. The molecule has 1 amide bonds. The van der Waals surface area contributed by atoms with E-state index in [0.717, 1.165) is 6.42 Å². The smallest absolute Gasteiger partial charge is 0.362 e. The normalized spacial score (nSPS) is 28.7. The maximum atomic E-state index is 14.0. The maximum absolute atomic E-state index is 14.0. The van der Waals surface area contributed by atoms with E-state index in [1.807, 2.05) is 20.8 Å². The molecule has 1 fully saturated rings. The molecule has 0 saturated heterocycles. The highest BCUT2D eigenvalue weighted by atomic mass is 19.4. The molecule has 0 aromatic heterocycles. The van der Waals surface area contributed by atoms with Gasteiger partial charge < -0.3 is 5.11 Å². The SMILES string of the molecule is CCC(C)(C)[C@@H]1CCC2=NN(C(=O)c3ccccc3)[C@](O)(C(F)(F)F)[C@@H]2C1. The van der Waals surface area contributed by atoms with Crippen LogP contribution in [0.5, 0.6) is 0 Å². The van der Waals surface area contributed by atoms with Crippen molar-refractivity contribution in [1.82, 2.24) is 5.01 Å². The Morgan fingerprint density at radius 1 is 1.30 bits per heavy atom. The van der Waals surface area contributed by atoms with Gasteiger partial charge in [-0.2, -0.15) is 23.3 Å². The average molecular weight is 382 g/mol. The largest absolute Gasteiger partial charge is 0.439 e. The fourth-order valence-electron chi connectivity index (χ4n) is 4.12. The van der Waals surface area contributed by atoms with Crippen LogP contribution in [0.3, 0.4) is 0 Å². The Bertz CT molecular complexity index is 745. The molecule has 2 aliphatic rings. The summed E-state index contributed by atoms with van der Waals surface area (Å²) in [6.07, 6.45) is -2.96. The van der Waals surface area contributed by atoms with Crippen LogP contribution in [0.1, 0.15) is 56.8 Å². The van der Waals surface area contributed by atoms with Crippen molar-refractivity contribution < 1.29 is 23.1 Å². The minimum absolute atomic E-state index is 0.0205. The summed E-state index contributed by atoms with van der Waals surface area (Å²) in [5.41, 5.74) is -3.12. The second kappa shape index (κ2) is 6.62. The lowest BCUT2D eigenvalue weighted by atomic mass is 9.64. The zero-order chi connectivity index (χ0) is 20.0. The van der Waals surface area contributed by atoms with Gasteiger partial charge in [0.1, 0.15) is 0 Å². The molecule has 3 rings (SSSR count). The fraction of sp³-hybridized carbons (Fsp3) is 0.600. The number of fused-ring (bicyclic) bond motifs is 1. The quantitative estimate of drug-likeness (QED) is 0.831. The standard InChI is InChI=1S/C20H25F3N2O2/c1-4-18(2,3)14-10-11-16-15(12-14)19(27,20(21,22)23)25(24-16)17(26)13-8-6-5-7-9-13/h5-9,14-15,27H,4,10-12H2,1-3H3/t14-,15-,19-/m1/s1. The molecule has 148 valence electrons. The van der Waals surface area contributed by atoms with E-state index in [0.29, 0.717) is 12.8 Å². The van der Waals surface area contributed by atoms with Crippen LogP contribution in [-0.2, 0) is 0 Å². The van der Waals surface area contributed by atoms with E-state index in [9.17, 15) is 23.1 Å². The second-order valence-electron chi connectivity index (χ2n) is 8.16. The third-order valence-corrected chi connectivity index (χ3v) is 6.36. The minimum Gasteiger partial charge on any atom is -0.362 e. The first-order chi connectivity index (χ1) is 12.5. The molecular formula is C20H25F3N2O2. The molecule has 1 saturated carbocycles. The molecule has 27 heavy (non-hydrogen) atoms. The summed E-state index contributed by atoms with van der Waals surface area (Å²) < 4.78 is 42.1. The number of carbonyl (C=O) groups is 1. The summed E-state index contributed by atoms with van der Waals surface area (Å²) in [5, 5.41) is 15.1. The van der Waals surface area contributed by atoms with E-state index in [1.54, 1.807) is 18.2 Å². The molecule has 7 heteroatoms. The number of nitrogens with zero attached hydrogens (tertiary/aromatic N) is 2. The van der Waals surface area contributed by atoms with Crippen molar-refractivity contribution in [3.05, 3.63) is 35.9 Å². The van der Waals surface area contributed by atoms with Crippen molar-refractivity contribution in [2.24, 2.45) is 22.4 Å². The average Bonchev–Trinajstić information content (AvgIpc) is 2.95. The van der Waals surface area contributed by atoms with Crippen LogP contribution in [-0.4, -0.2) is 33.6 Å². The van der Waals surface area contributed by atoms with Crippen molar-refractivity contribution in [3.8, 4) is 0 Å². The van der Waals surface area contributed by atoms with Gasteiger partial charge in [-0.25, -0.2) is 0 Å². The first-order valence-electron chi connectivity index (χ1n) is 9.28. The van der Waals surface area contributed by atoms with Gasteiger partial charge in [-0.1, -0.05) is 45.4 Å². The Morgan fingerprint density at radius 3 is 2.48 bits per heavy atom. The highest BCUT2D eigenvalue weighted by Gasteiger charge is 2.69. The number of amides is 1. The van der Waals surface area contributed by atoms with Crippen molar-refractivity contribution in [2.45, 2.75) is 58.4 Å². The van der Waals surface area contributed by atoms with E-state index in [4.69, 9.17) is 0 Å². The molecule has 0 unspecified atom stereocenters. The second-order valence-corrected chi connectivity index (χ2v) is 8.16. The molecule has 1 aromatic carbocycles. The zero-order valence-corrected chi connectivity index (χ0v) is 15.8. The molecule has 0 radical (unpaired) electrons. The van der Waals surface area contributed by atoms with Gasteiger partial charge in [-0.05, 0) is 42.7 Å². The number of hydrogen-bond acceptors (Lipinski definition) is 3. The van der Waals surface area contributed by atoms with Gasteiger partial charge in [0.05, 0.1) is 5.92 Å². The van der Waals surface area contributed by atoms with E-state index in [2.05, 4.69) is 5.10 Å². The summed E-state index contributed by atoms with van der Waals surface area (Å²) in [6.45, 7) is 6.09. The van der Waals surface area contributed by atoms with Gasteiger partial charge in [0.15, 0.2) is 0 Å². The van der Waals surface area contributed by atoms with Gasteiger partial charge in [-0.15, -0.1) is 0 Å². The Balaban J connectivity index is 2.00. The molecule has 1 aliphatic heterocycles. The number of hydrogen-bond donors (Lipinski definition) is 1. The maximum Gasteiger partial charge on any atom is 0.439 e. The molecule has 0 spiro atoms. The zero-order valence-electron chi connectivity index (χ0n) is 15.8. The van der Waals surface area contributed by atoms with Crippen molar-refractivity contribution >= 4 is 11.6 Å². The van der Waals surface area contributed by atoms with Crippen LogP contribution in [0.4, 0.5) is 13.2 Å². The number of aliphatic hydroxyl groups is 1. The Labute approximate surface area is 157 Å². The van der Waals surface area contributed by atoms with Crippen molar-refractivity contribution in [1.29, 1.82) is 0 Å². The molecule has 1 aliphatic carbocycles. The highest BCUT2D eigenvalue weighted by Crippen LogP contribution is 2.52. The first-order valence-corrected chi connectivity index (χ1v) is 9.28. The van der Waals surface area contributed by atoms with Crippen LogP contribution in [0.15, 0.2) is 35.4 Å². The summed E-state index contributed by atoms with van der Waals surface area (Å²) >= 11 is 0. The van der Waals surface area contributed by atoms with E-state index >= 15 is 0 Å². The monoisotopic (exact) mass is 382 g/mol. The lowest BCUT2D eigenvalue weighted by Crippen LogP contribution is -2.62. The lowest BCUT2D eigenvalue weighted by Gasteiger charge is -2.43. The van der Waals surface area contributed by atoms with Gasteiger partial charge >= 0.3 is 6.18 Å². The van der Waals surface area contributed by atoms with E-state index in [-0.39, 0.29) is 34.0 Å². The van der Waals surface area contributed by atoms with Crippen molar-refractivity contribution in [3.63, 3.8) is 0 Å². The van der Waals surface area contributed by atoms with Crippen LogP contribution in [0.2, 0.25) is 0 Å². The molecule has 4 nitrogen and oxygen atoms in total. The Hall–Kier alpha value is -1.89. The van der Waals surface area contributed by atoms with E-state index < -0.39 is 23.7 Å². The molecule has 0 bridgehead atoms. The van der Waals surface area contributed by atoms with E-state index in [1.165, 1.54) is 12.1 Å². The molecule has 3 atom stereocenters. The third-order valence-electron chi connectivity index (χ3n) is 6.36. The Morgan fingerprint density at radius 2 is 1.93 bits per heavy atom.